The fraction of sp³-hybridized carbons (Fsp3) is 0.529. The van der Waals surface area contributed by atoms with Crippen LogP contribution in [0, 0.1) is 0 Å². The van der Waals surface area contributed by atoms with E-state index < -0.39 is 17.6 Å². The van der Waals surface area contributed by atoms with Crippen LogP contribution in [-0.4, -0.2) is 49.0 Å². The van der Waals surface area contributed by atoms with Gasteiger partial charge in [-0.15, -0.1) is 0 Å². The molecule has 1 aromatic carbocycles. The molecule has 0 spiro atoms. The normalized spacial score (nSPS) is 22.8. The van der Waals surface area contributed by atoms with Crippen LogP contribution in [0.4, 0.5) is 4.79 Å². The van der Waals surface area contributed by atoms with Crippen LogP contribution in [0.3, 0.4) is 0 Å². The van der Waals surface area contributed by atoms with Crippen LogP contribution >= 0.6 is 0 Å². The predicted molar refractivity (Wildman–Crippen MR) is 87.1 cm³/mol. The molecule has 0 bridgehead atoms. The highest BCUT2D eigenvalue weighted by Gasteiger charge is 2.48. The molecule has 122 valence electrons. The van der Waals surface area contributed by atoms with Crippen molar-refractivity contribution in [1.29, 1.82) is 0 Å². The third kappa shape index (κ3) is 4.13. The second kappa shape index (κ2) is 7.17. The van der Waals surface area contributed by atoms with Crippen molar-refractivity contribution in [2.75, 3.05) is 6.61 Å². The zero-order valence-corrected chi connectivity index (χ0v) is 13.8. The largest absolute Gasteiger partial charge is 0.466 e. The number of hydrogen-bond acceptors (Lipinski definition) is 4. The first-order valence-electron chi connectivity index (χ1n) is 7.81. The number of ether oxygens (including phenoxy) is 2. The van der Waals surface area contributed by atoms with E-state index in [4.69, 9.17) is 17.3 Å². The minimum atomic E-state index is -0.859. The summed E-state index contributed by atoms with van der Waals surface area (Å²) in [6.07, 6.45) is 0.215. The number of carbonyl (C=O) groups excluding carboxylic acids is 2. The molecule has 1 heterocycles. The average Bonchev–Trinajstić information content (AvgIpc) is 2.70. The molecule has 2 unspecified atom stereocenters. The van der Waals surface area contributed by atoms with E-state index in [1.807, 2.05) is 30.3 Å². The summed E-state index contributed by atoms with van der Waals surface area (Å²) in [7, 11) is 5.56. The summed E-state index contributed by atoms with van der Waals surface area (Å²) in [5.74, 6) is -0.889. The van der Waals surface area contributed by atoms with Crippen molar-refractivity contribution in [1.82, 2.24) is 4.90 Å². The molecule has 1 fully saturated rings. The number of nitrogens with zero attached hydrogens (tertiary/aromatic N) is 1. The lowest BCUT2D eigenvalue weighted by atomic mass is 9.95. The second-order valence-electron chi connectivity index (χ2n) is 6.08. The number of esters is 1. The molecule has 0 aromatic heterocycles. The van der Waals surface area contributed by atoms with Gasteiger partial charge in [0.2, 0.25) is 7.85 Å². The standard InChI is InChI=1S/C17H22BNO4/c1-4-22-15(20)11-14-13(10-12-8-6-5-7-9-12)19(16(18)21)17(2,3)23-14/h5-9,13-14H,4,10-11H2,1-3H3. The monoisotopic (exact) mass is 315 g/mol. The van der Waals surface area contributed by atoms with Crippen LogP contribution in [0.15, 0.2) is 30.3 Å². The van der Waals surface area contributed by atoms with Gasteiger partial charge in [-0.05, 0) is 32.8 Å². The van der Waals surface area contributed by atoms with Gasteiger partial charge in [-0.1, -0.05) is 30.3 Å². The average molecular weight is 315 g/mol. The Morgan fingerprint density at radius 1 is 1.30 bits per heavy atom. The number of rotatable bonds is 5. The van der Waals surface area contributed by atoms with Crippen LogP contribution in [0.1, 0.15) is 32.8 Å². The molecule has 2 radical (unpaired) electrons. The maximum Gasteiger partial charge on any atom is 0.308 e. The lowest BCUT2D eigenvalue weighted by molar-refractivity contribution is -0.147. The van der Waals surface area contributed by atoms with Crippen LogP contribution in [0.5, 0.6) is 0 Å². The Morgan fingerprint density at radius 3 is 2.52 bits per heavy atom. The van der Waals surface area contributed by atoms with Crippen molar-refractivity contribution in [3.05, 3.63) is 35.9 Å². The third-order valence-electron chi connectivity index (χ3n) is 3.98. The number of hydrogen-bond donors (Lipinski definition) is 0. The summed E-state index contributed by atoms with van der Waals surface area (Å²) in [6, 6.07) is 9.45. The maximum absolute atomic E-state index is 11.9. The first-order valence-corrected chi connectivity index (χ1v) is 7.81. The van der Waals surface area contributed by atoms with Gasteiger partial charge in [0.25, 0.3) is 0 Å². The van der Waals surface area contributed by atoms with Gasteiger partial charge >= 0.3 is 5.97 Å². The molecule has 23 heavy (non-hydrogen) atoms. The summed E-state index contributed by atoms with van der Waals surface area (Å²) >= 11 is 0. The smallest absolute Gasteiger partial charge is 0.308 e. The fourth-order valence-corrected chi connectivity index (χ4v) is 3.14. The highest BCUT2D eigenvalue weighted by atomic mass is 16.6. The Labute approximate surface area is 138 Å². The van der Waals surface area contributed by atoms with Crippen LogP contribution in [-0.2, 0) is 20.7 Å². The maximum atomic E-state index is 11.9. The molecular weight excluding hydrogens is 293 g/mol. The van der Waals surface area contributed by atoms with Gasteiger partial charge in [-0.3, -0.25) is 9.59 Å². The van der Waals surface area contributed by atoms with Crippen LogP contribution in [0.25, 0.3) is 0 Å². The quantitative estimate of drug-likeness (QED) is 0.618. The molecule has 1 amide bonds. The van der Waals surface area contributed by atoms with Crippen molar-refractivity contribution in [2.24, 2.45) is 0 Å². The van der Waals surface area contributed by atoms with Gasteiger partial charge in [0, 0.05) is 0 Å². The Bertz CT molecular complexity index is 561. The van der Waals surface area contributed by atoms with Crippen molar-refractivity contribution < 1.29 is 19.1 Å². The van der Waals surface area contributed by atoms with Crippen molar-refractivity contribution in [3.8, 4) is 0 Å². The van der Waals surface area contributed by atoms with E-state index in [0.717, 1.165) is 5.56 Å². The van der Waals surface area contributed by atoms with Crippen LogP contribution < -0.4 is 0 Å². The molecule has 1 aliphatic rings. The second-order valence-corrected chi connectivity index (χ2v) is 6.08. The molecule has 2 atom stereocenters. The SMILES string of the molecule is [B]C(=O)N1C(Cc2ccccc2)C(CC(=O)OCC)OC1(C)C. The van der Waals surface area contributed by atoms with E-state index in [-0.39, 0.29) is 18.4 Å². The Hall–Kier alpha value is -1.82. The van der Waals surface area contributed by atoms with Crippen LogP contribution in [0.2, 0.25) is 0 Å². The van der Waals surface area contributed by atoms with Gasteiger partial charge < -0.3 is 14.4 Å². The lowest BCUT2D eigenvalue weighted by Gasteiger charge is -2.33. The van der Waals surface area contributed by atoms with Gasteiger partial charge in [0.1, 0.15) is 5.72 Å². The van der Waals surface area contributed by atoms with E-state index in [1.165, 1.54) is 4.90 Å². The van der Waals surface area contributed by atoms with Gasteiger partial charge in [-0.25, -0.2) is 0 Å². The number of amides is 1. The fourth-order valence-electron chi connectivity index (χ4n) is 3.14. The minimum absolute atomic E-state index is 0.0958. The Kier molecular flexibility index (Phi) is 5.47. The van der Waals surface area contributed by atoms with E-state index in [2.05, 4.69) is 0 Å². The number of carbonyl (C=O) groups is 2. The van der Waals surface area contributed by atoms with Crippen molar-refractivity contribution in [2.45, 2.75) is 51.5 Å². The molecule has 1 aliphatic heterocycles. The molecule has 1 aromatic rings. The zero-order valence-electron chi connectivity index (χ0n) is 13.8. The molecule has 0 aliphatic carbocycles. The van der Waals surface area contributed by atoms with Crippen molar-refractivity contribution >= 4 is 19.6 Å². The molecular formula is C17H22BNO4. The van der Waals surface area contributed by atoms with Gasteiger partial charge in [-0.2, -0.15) is 0 Å². The lowest BCUT2D eigenvalue weighted by Crippen LogP contribution is -2.48. The van der Waals surface area contributed by atoms with Crippen molar-refractivity contribution in [3.63, 3.8) is 0 Å². The zero-order chi connectivity index (χ0) is 17.0. The molecule has 2 rings (SSSR count). The number of benzene rings is 1. The van der Waals surface area contributed by atoms with E-state index in [9.17, 15) is 9.59 Å². The summed E-state index contributed by atoms with van der Waals surface area (Å²) in [5, 5.41) is 0. The Morgan fingerprint density at radius 2 is 1.96 bits per heavy atom. The molecule has 5 nitrogen and oxygen atoms in total. The molecule has 0 saturated carbocycles. The first kappa shape index (κ1) is 17.5. The molecule has 1 saturated heterocycles. The Balaban J connectivity index is 2.24. The molecule has 0 N–H and O–H groups in total. The van der Waals surface area contributed by atoms with E-state index in [1.54, 1.807) is 20.8 Å². The summed E-state index contributed by atoms with van der Waals surface area (Å²) in [6.45, 7) is 5.63. The minimum Gasteiger partial charge on any atom is -0.466 e. The topological polar surface area (TPSA) is 55.8 Å². The van der Waals surface area contributed by atoms with E-state index in [0.29, 0.717) is 13.0 Å². The third-order valence-corrected chi connectivity index (χ3v) is 3.98. The summed E-state index contributed by atoms with van der Waals surface area (Å²) < 4.78 is 11.0. The summed E-state index contributed by atoms with van der Waals surface area (Å²) in [5.41, 5.74) is 0.196. The first-order chi connectivity index (χ1) is 10.8. The van der Waals surface area contributed by atoms with Gasteiger partial charge in [0.15, 0.2) is 5.81 Å². The predicted octanol–water partition coefficient (Wildman–Crippen LogP) is 2.28. The highest BCUT2D eigenvalue weighted by molar-refractivity contribution is 6.57. The summed E-state index contributed by atoms with van der Waals surface area (Å²) in [4.78, 5) is 25.3. The van der Waals surface area contributed by atoms with E-state index >= 15 is 0 Å². The molecule has 6 heteroatoms. The van der Waals surface area contributed by atoms with Gasteiger partial charge in [0.05, 0.1) is 25.2 Å². The highest BCUT2D eigenvalue weighted by Crippen LogP contribution is 2.35.